The van der Waals surface area contributed by atoms with E-state index >= 15 is 0 Å². The molecule has 1 saturated heterocycles. The molecule has 3 rings (SSSR count). The molecule has 1 aliphatic rings. The molecule has 0 saturated carbocycles. The van der Waals surface area contributed by atoms with Gasteiger partial charge in [0.2, 0.25) is 15.9 Å². The Hall–Kier alpha value is -3.04. The van der Waals surface area contributed by atoms with Gasteiger partial charge in [0.1, 0.15) is 0 Å². The highest BCUT2D eigenvalue weighted by atomic mass is 32.2. The van der Waals surface area contributed by atoms with Crippen molar-refractivity contribution < 1.29 is 27.5 Å². The molecular formula is C24H28N2O6S. The highest BCUT2D eigenvalue weighted by Crippen LogP contribution is 2.25. The fourth-order valence-electron chi connectivity index (χ4n) is 3.59. The first-order chi connectivity index (χ1) is 15.6. The summed E-state index contributed by atoms with van der Waals surface area (Å²) in [6, 6.07) is 12.3. The van der Waals surface area contributed by atoms with Gasteiger partial charge in [-0.05, 0) is 70.0 Å². The molecule has 0 aromatic heterocycles. The van der Waals surface area contributed by atoms with Gasteiger partial charge in [-0.15, -0.1) is 0 Å². The number of carbonyl (C=O) groups is 3. The molecule has 33 heavy (non-hydrogen) atoms. The normalized spacial score (nSPS) is 15.3. The van der Waals surface area contributed by atoms with E-state index < -0.39 is 16.0 Å². The summed E-state index contributed by atoms with van der Waals surface area (Å²) in [5.74, 6) is -1.05. The van der Waals surface area contributed by atoms with Crippen LogP contribution in [0.15, 0.2) is 53.4 Å². The number of piperidine rings is 1. The zero-order valence-corrected chi connectivity index (χ0v) is 19.7. The number of nitrogens with one attached hydrogen (secondary N) is 1. The molecule has 2 aromatic rings. The number of carbonyl (C=O) groups excluding carboxylic acids is 3. The van der Waals surface area contributed by atoms with Crippen LogP contribution < -0.4 is 5.32 Å². The fraction of sp³-hybridized carbons (Fsp3) is 0.375. The number of amides is 1. The number of esters is 1. The number of hydrogen-bond acceptors (Lipinski definition) is 6. The number of nitrogens with zero attached hydrogens (tertiary/aromatic N) is 1. The number of rotatable bonds is 7. The quantitative estimate of drug-likeness (QED) is 0.488. The Morgan fingerprint density at radius 2 is 1.48 bits per heavy atom. The van der Waals surface area contributed by atoms with Crippen LogP contribution in [-0.4, -0.2) is 49.6 Å². The van der Waals surface area contributed by atoms with Crippen LogP contribution in [0.1, 0.15) is 54.3 Å². The second kappa shape index (κ2) is 10.3. The number of sulfonamides is 1. The van der Waals surface area contributed by atoms with Gasteiger partial charge in [0.05, 0.1) is 16.6 Å². The summed E-state index contributed by atoms with van der Waals surface area (Å²) in [4.78, 5) is 36.1. The van der Waals surface area contributed by atoms with Crippen molar-refractivity contribution in [3.8, 4) is 0 Å². The van der Waals surface area contributed by atoms with Crippen molar-refractivity contribution in [1.82, 2.24) is 4.31 Å². The van der Waals surface area contributed by atoms with Crippen molar-refractivity contribution in [3.05, 3.63) is 59.7 Å². The van der Waals surface area contributed by atoms with Crippen molar-refractivity contribution >= 4 is 33.4 Å². The minimum atomic E-state index is -3.69. The van der Waals surface area contributed by atoms with E-state index in [1.54, 1.807) is 38.1 Å². The Morgan fingerprint density at radius 3 is 2.00 bits per heavy atom. The second-order valence-corrected chi connectivity index (χ2v) is 10.2. The first-order valence-electron chi connectivity index (χ1n) is 10.8. The molecule has 0 bridgehead atoms. The Balaban J connectivity index is 1.56. The Bertz CT molecular complexity index is 1120. The second-order valence-electron chi connectivity index (χ2n) is 8.28. The summed E-state index contributed by atoms with van der Waals surface area (Å²) in [6.07, 6.45) is 0.580. The molecule has 9 heteroatoms. The SMILES string of the molecule is CC(=O)c1ccc(S(=O)(=O)N2CCC(C(=O)Nc3ccc(C(=O)OC(C)C)cc3)CC2)cc1. The standard InChI is InChI=1S/C24H28N2O6S/c1-16(2)32-24(29)20-4-8-21(9-5-20)25-23(28)19-12-14-26(15-13-19)33(30,31)22-10-6-18(7-11-22)17(3)27/h4-11,16,19H,12-15H2,1-3H3,(H,25,28). The largest absolute Gasteiger partial charge is 0.459 e. The van der Waals surface area contributed by atoms with Gasteiger partial charge in [0.25, 0.3) is 0 Å². The minimum Gasteiger partial charge on any atom is -0.459 e. The van der Waals surface area contributed by atoms with E-state index in [9.17, 15) is 22.8 Å². The van der Waals surface area contributed by atoms with Crippen molar-refractivity contribution in [2.45, 2.75) is 44.6 Å². The van der Waals surface area contributed by atoms with Gasteiger partial charge >= 0.3 is 5.97 Å². The predicted molar refractivity (Wildman–Crippen MR) is 124 cm³/mol. The molecule has 0 atom stereocenters. The molecule has 1 fully saturated rings. The molecule has 0 radical (unpaired) electrons. The topological polar surface area (TPSA) is 110 Å². The maximum Gasteiger partial charge on any atom is 0.338 e. The van der Waals surface area contributed by atoms with Gasteiger partial charge in [-0.2, -0.15) is 4.31 Å². The average Bonchev–Trinajstić information content (AvgIpc) is 2.79. The molecule has 0 unspecified atom stereocenters. The van der Waals surface area contributed by atoms with Gasteiger partial charge < -0.3 is 10.1 Å². The Morgan fingerprint density at radius 1 is 0.939 bits per heavy atom. The monoisotopic (exact) mass is 472 g/mol. The van der Waals surface area contributed by atoms with Crippen molar-refractivity contribution in [3.63, 3.8) is 0 Å². The molecule has 1 N–H and O–H groups in total. The molecule has 8 nitrogen and oxygen atoms in total. The molecule has 2 aromatic carbocycles. The lowest BCUT2D eigenvalue weighted by Gasteiger charge is -2.30. The van der Waals surface area contributed by atoms with Crippen LogP contribution in [0.2, 0.25) is 0 Å². The minimum absolute atomic E-state index is 0.129. The summed E-state index contributed by atoms with van der Waals surface area (Å²) in [5, 5.41) is 2.83. The number of ether oxygens (including phenoxy) is 1. The summed E-state index contributed by atoms with van der Waals surface area (Å²) in [6.45, 7) is 5.43. The average molecular weight is 473 g/mol. The first-order valence-corrected chi connectivity index (χ1v) is 12.2. The predicted octanol–water partition coefficient (Wildman–Crippen LogP) is 3.49. The molecular weight excluding hydrogens is 444 g/mol. The van der Waals surface area contributed by atoms with Gasteiger partial charge in [-0.1, -0.05) is 12.1 Å². The molecule has 1 aliphatic heterocycles. The molecule has 176 valence electrons. The number of hydrogen-bond donors (Lipinski definition) is 1. The fourth-order valence-corrected chi connectivity index (χ4v) is 5.05. The zero-order valence-electron chi connectivity index (χ0n) is 18.9. The van der Waals surface area contributed by atoms with Crippen LogP contribution in [0.4, 0.5) is 5.69 Å². The first kappa shape index (κ1) is 24.6. The van der Waals surface area contributed by atoms with E-state index in [-0.39, 0.29) is 41.7 Å². The van der Waals surface area contributed by atoms with E-state index in [0.717, 1.165) is 0 Å². The van der Waals surface area contributed by atoms with E-state index in [0.29, 0.717) is 29.7 Å². The third kappa shape index (κ3) is 6.06. The number of anilines is 1. The van der Waals surface area contributed by atoms with Crippen LogP contribution in [0.5, 0.6) is 0 Å². The highest BCUT2D eigenvalue weighted by molar-refractivity contribution is 7.89. The Kier molecular flexibility index (Phi) is 7.65. The zero-order chi connectivity index (χ0) is 24.2. The number of benzene rings is 2. The van der Waals surface area contributed by atoms with Crippen LogP contribution in [0.25, 0.3) is 0 Å². The molecule has 1 amide bonds. The maximum absolute atomic E-state index is 12.9. The maximum atomic E-state index is 12.9. The van der Waals surface area contributed by atoms with Crippen molar-refractivity contribution in [2.24, 2.45) is 5.92 Å². The smallest absolute Gasteiger partial charge is 0.338 e. The van der Waals surface area contributed by atoms with Gasteiger partial charge in [-0.25, -0.2) is 13.2 Å². The van der Waals surface area contributed by atoms with Gasteiger partial charge in [-0.3, -0.25) is 9.59 Å². The van der Waals surface area contributed by atoms with Crippen molar-refractivity contribution in [2.75, 3.05) is 18.4 Å². The van der Waals surface area contributed by atoms with E-state index in [1.165, 1.54) is 35.5 Å². The van der Waals surface area contributed by atoms with Gasteiger partial charge in [0.15, 0.2) is 5.78 Å². The van der Waals surface area contributed by atoms with Crippen LogP contribution in [0, 0.1) is 5.92 Å². The number of Topliss-reactive ketones (excluding diaryl/α,β-unsaturated/α-hetero) is 1. The van der Waals surface area contributed by atoms with Gasteiger partial charge in [0, 0.05) is 30.3 Å². The summed E-state index contributed by atoms with van der Waals surface area (Å²) in [5.41, 5.74) is 1.41. The molecule has 1 heterocycles. The lowest BCUT2D eigenvalue weighted by atomic mass is 9.97. The highest BCUT2D eigenvalue weighted by Gasteiger charge is 2.32. The molecule has 0 spiro atoms. The summed E-state index contributed by atoms with van der Waals surface area (Å²) < 4.78 is 32.3. The lowest BCUT2D eigenvalue weighted by Crippen LogP contribution is -2.41. The van der Waals surface area contributed by atoms with Crippen LogP contribution >= 0.6 is 0 Å². The third-order valence-electron chi connectivity index (χ3n) is 5.45. The Labute approximate surface area is 194 Å². The summed E-state index contributed by atoms with van der Waals surface area (Å²) >= 11 is 0. The van der Waals surface area contributed by atoms with Crippen LogP contribution in [0.3, 0.4) is 0 Å². The van der Waals surface area contributed by atoms with E-state index in [2.05, 4.69) is 5.32 Å². The van der Waals surface area contributed by atoms with E-state index in [1.807, 2.05) is 0 Å². The van der Waals surface area contributed by atoms with E-state index in [4.69, 9.17) is 4.74 Å². The molecule has 0 aliphatic carbocycles. The lowest BCUT2D eigenvalue weighted by molar-refractivity contribution is -0.120. The third-order valence-corrected chi connectivity index (χ3v) is 7.37. The van der Waals surface area contributed by atoms with Crippen LogP contribution in [-0.2, 0) is 19.6 Å². The van der Waals surface area contributed by atoms with Crippen molar-refractivity contribution in [1.29, 1.82) is 0 Å². The summed E-state index contributed by atoms with van der Waals surface area (Å²) in [7, 11) is -3.69. The number of ketones is 1.